The Hall–Kier alpha value is -2.37. The molecule has 0 saturated heterocycles. The second kappa shape index (κ2) is 5.09. The lowest BCUT2D eigenvalue weighted by atomic mass is 10.1. The van der Waals surface area contributed by atoms with Gasteiger partial charge in [0.2, 0.25) is 11.9 Å². The van der Waals surface area contributed by atoms with Gasteiger partial charge in [-0.3, -0.25) is 0 Å². The lowest BCUT2D eigenvalue weighted by molar-refractivity contribution is 0.379. The number of ether oxygens (including phenoxy) is 1. The van der Waals surface area contributed by atoms with Crippen molar-refractivity contribution in [3.05, 3.63) is 29.3 Å². The van der Waals surface area contributed by atoms with Gasteiger partial charge >= 0.3 is 6.01 Å². The number of aryl methyl sites for hydroxylation is 2. The zero-order valence-electron chi connectivity index (χ0n) is 11.5. The van der Waals surface area contributed by atoms with E-state index in [1.165, 1.54) is 12.7 Å². The molecule has 0 bridgehead atoms. The fraction of sp³-hybridized carbons (Fsp3) is 0.308. The Morgan fingerprint density at radius 3 is 2.53 bits per heavy atom. The minimum atomic E-state index is 0.137. The van der Waals surface area contributed by atoms with Gasteiger partial charge in [0.15, 0.2) is 0 Å². The molecule has 2 aromatic rings. The first-order chi connectivity index (χ1) is 9.01. The molecule has 0 radical (unpaired) electrons. The van der Waals surface area contributed by atoms with Crippen LogP contribution in [0.3, 0.4) is 0 Å². The second-order valence-corrected chi connectivity index (χ2v) is 4.33. The van der Waals surface area contributed by atoms with Crippen LogP contribution in [0.4, 0.5) is 17.6 Å². The zero-order chi connectivity index (χ0) is 14.0. The summed E-state index contributed by atoms with van der Waals surface area (Å²) in [7, 11) is 3.38. The van der Waals surface area contributed by atoms with Crippen molar-refractivity contribution in [1.29, 1.82) is 0 Å². The summed E-state index contributed by atoms with van der Waals surface area (Å²) in [6, 6.07) is 6.38. The highest BCUT2D eigenvalue weighted by Gasteiger charge is 2.12. The molecule has 0 atom stereocenters. The molecule has 0 aliphatic carbocycles. The molecule has 0 amide bonds. The third-order valence-electron chi connectivity index (χ3n) is 2.82. The Kier molecular flexibility index (Phi) is 3.50. The smallest absolute Gasteiger partial charge is 0.322 e. The van der Waals surface area contributed by atoms with Gasteiger partial charge in [-0.15, -0.1) is 0 Å². The maximum atomic E-state index is 5.64. The molecule has 0 fully saturated rings. The van der Waals surface area contributed by atoms with Gasteiger partial charge in [0.1, 0.15) is 0 Å². The van der Waals surface area contributed by atoms with E-state index in [-0.39, 0.29) is 12.0 Å². The van der Waals surface area contributed by atoms with Crippen LogP contribution in [0.2, 0.25) is 0 Å². The number of anilines is 3. The van der Waals surface area contributed by atoms with Gasteiger partial charge in [-0.2, -0.15) is 15.0 Å². The highest BCUT2D eigenvalue weighted by Crippen LogP contribution is 2.25. The molecule has 6 nitrogen and oxygen atoms in total. The average Bonchev–Trinajstić information content (AvgIpc) is 2.37. The molecule has 0 saturated carbocycles. The van der Waals surface area contributed by atoms with Gasteiger partial charge < -0.3 is 15.4 Å². The largest absolute Gasteiger partial charge is 0.467 e. The first-order valence-corrected chi connectivity index (χ1v) is 5.88. The van der Waals surface area contributed by atoms with Gasteiger partial charge in [-0.1, -0.05) is 17.7 Å². The molecule has 0 aliphatic heterocycles. The van der Waals surface area contributed by atoms with E-state index < -0.39 is 0 Å². The van der Waals surface area contributed by atoms with Crippen LogP contribution in [0.15, 0.2) is 18.2 Å². The van der Waals surface area contributed by atoms with Crippen molar-refractivity contribution in [2.24, 2.45) is 0 Å². The van der Waals surface area contributed by atoms with Crippen LogP contribution in [0.25, 0.3) is 0 Å². The van der Waals surface area contributed by atoms with Gasteiger partial charge in [-0.05, 0) is 25.5 Å². The lowest BCUT2D eigenvalue weighted by Gasteiger charge is -2.20. The summed E-state index contributed by atoms with van der Waals surface area (Å²) in [4.78, 5) is 14.0. The molecule has 100 valence electrons. The summed E-state index contributed by atoms with van der Waals surface area (Å²) < 4.78 is 5.00. The van der Waals surface area contributed by atoms with Crippen LogP contribution in [-0.4, -0.2) is 29.1 Å². The van der Waals surface area contributed by atoms with E-state index in [0.717, 1.165) is 11.3 Å². The highest BCUT2D eigenvalue weighted by molar-refractivity contribution is 5.61. The van der Waals surface area contributed by atoms with Crippen molar-refractivity contribution >= 4 is 17.6 Å². The summed E-state index contributed by atoms with van der Waals surface area (Å²) in [6.45, 7) is 4.10. The van der Waals surface area contributed by atoms with Crippen LogP contribution < -0.4 is 15.4 Å². The van der Waals surface area contributed by atoms with Crippen molar-refractivity contribution < 1.29 is 4.74 Å². The first-order valence-electron chi connectivity index (χ1n) is 5.88. The Morgan fingerprint density at radius 2 is 1.89 bits per heavy atom. The number of nitrogens with zero attached hydrogens (tertiary/aromatic N) is 4. The van der Waals surface area contributed by atoms with E-state index in [9.17, 15) is 0 Å². The maximum absolute atomic E-state index is 5.64. The molecular weight excluding hydrogens is 242 g/mol. The van der Waals surface area contributed by atoms with Crippen molar-refractivity contribution in [3.63, 3.8) is 0 Å². The summed E-state index contributed by atoms with van der Waals surface area (Å²) in [5, 5.41) is 0. The number of rotatable bonds is 3. The second-order valence-electron chi connectivity index (χ2n) is 4.33. The molecule has 2 rings (SSSR count). The van der Waals surface area contributed by atoms with Crippen molar-refractivity contribution in [2.45, 2.75) is 13.8 Å². The van der Waals surface area contributed by atoms with E-state index in [1.807, 2.05) is 31.0 Å². The van der Waals surface area contributed by atoms with Crippen molar-refractivity contribution in [1.82, 2.24) is 15.0 Å². The topological polar surface area (TPSA) is 77.2 Å². The zero-order valence-corrected chi connectivity index (χ0v) is 11.5. The molecule has 2 N–H and O–H groups in total. The van der Waals surface area contributed by atoms with Crippen LogP contribution in [0.1, 0.15) is 11.1 Å². The molecule has 0 spiro atoms. The maximum Gasteiger partial charge on any atom is 0.322 e. The molecular formula is C13H17N5O. The van der Waals surface area contributed by atoms with Gasteiger partial charge in [-0.25, -0.2) is 0 Å². The lowest BCUT2D eigenvalue weighted by Crippen LogP contribution is -2.16. The minimum absolute atomic E-state index is 0.137. The van der Waals surface area contributed by atoms with E-state index in [2.05, 4.69) is 27.9 Å². The summed E-state index contributed by atoms with van der Waals surface area (Å²) in [5.41, 5.74) is 9.01. The number of benzene rings is 1. The highest BCUT2D eigenvalue weighted by atomic mass is 16.5. The predicted molar refractivity (Wildman–Crippen MR) is 74.8 cm³/mol. The fourth-order valence-corrected chi connectivity index (χ4v) is 1.89. The van der Waals surface area contributed by atoms with Crippen LogP contribution in [0.5, 0.6) is 6.01 Å². The third-order valence-corrected chi connectivity index (χ3v) is 2.82. The van der Waals surface area contributed by atoms with E-state index in [4.69, 9.17) is 10.5 Å². The molecule has 1 aromatic carbocycles. The van der Waals surface area contributed by atoms with E-state index in [1.54, 1.807) is 0 Å². The molecule has 19 heavy (non-hydrogen) atoms. The monoisotopic (exact) mass is 259 g/mol. The Bertz CT molecular complexity index is 600. The number of nitrogens with two attached hydrogens (primary N) is 1. The standard InChI is InChI=1S/C13H17N5O/c1-8-5-6-10(9(2)7-8)18(3)12-15-11(14)16-13(17-12)19-4/h5-7H,1-4H3,(H2,14,15,16,17). The third kappa shape index (κ3) is 2.73. The predicted octanol–water partition coefficient (Wildman–Crippen LogP) is 1.85. The summed E-state index contributed by atoms with van der Waals surface area (Å²) >= 11 is 0. The Morgan fingerprint density at radius 1 is 1.16 bits per heavy atom. The Labute approximate surface area is 112 Å². The van der Waals surface area contributed by atoms with Crippen molar-refractivity contribution in [2.75, 3.05) is 24.8 Å². The van der Waals surface area contributed by atoms with Crippen LogP contribution in [0, 0.1) is 13.8 Å². The molecule has 6 heteroatoms. The molecule has 1 aromatic heterocycles. The van der Waals surface area contributed by atoms with Crippen LogP contribution in [-0.2, 0) is 0 Å². The fourth-order valence-electron chi connectivity index (χ4n) is 1.89. The average molecular weight is 259 g/mol. The van der Waals surface area contributed by atoms with E-state index >= 15 is 0 Å². The van der Waals surface area contributed by atoms with Gasteiger partial charge in [0.05, 0.1) is 7.11 Å². The minimum Gasteiger partial charge on any atom is -0.467 e. The number of nitrogen functional groups attached to an aromatic ring is 1. The molecule has 1 heterocycles. The quantitative estimate of drug-likeness (QED) is 0.906. The van der Waals surface area contributed by atoms with Crippen LogP contribution >= 0.6 is 0 Å². The molecule has 0 aliphatic rings. The number of hydrogen-bond acceptors (Lipinski definition) is 6. The number of hydrogen-bond donors (Lipinski definition) is 1. The molecule has 0 unspecified atom stereocenters. The summed E-state index contributed by atoms with van der Waals surface area (Å²) in [6.07, 6.45) is 0. The SMILES string of the molecule is COc1nc(N)nc(N(C)c2ccc(C)cc2C)n1. The van der Waals surface area contributed by atoms with Gasteiger partial charge in [0, 0.05) is 12.7 Å². The van der Waals surface area contributed by atoms with Gasteiger partial charge in [0.25, 0.3) is 0 Å². The normalized spacial score (nSPS) is 10.3. The number of aromatic nitrogens is 3. The Balaban J connectivity index is 2.43. The van der Waals surface area contributed by atoms with E-state index in [0.29, 0.717) is 5.95 Å². The number of methoxy groups -OCH3 is 1. The first kappa shape index (κ1) is 13.1. The summed E-state index contributed by atoms with van der Waals surface area (Å²) in [5.74, 6) is 0.592. The van der Waals surface area contributed by atoms with Crippen molar-refractivity contribution in [3.8, 4) is 6.01 Å².